The van der Waals surface area contributed by atoms with Gasteiger partial charge in [-0.15, -0.1) is 0 Å². The Kier molecular flexibility index (Phi) is 5.65. The molecule has 3 aliphatic heterocycles. The average Bonchev–Trinajstić information content (AvgIpc) is 3.40. The van der Waals surface area contributed by atoms with Gasteiger partial charge in [-0.2, -0.15) is 0 Å². The van der Waals surface area contributed by atoms with Gasteiger partial charge >= 0.3 is 6.03 Å². The molecule has 1 aromatic rings. The summed E-state index contributed by atoms with van der Waals surface area (Å²) in [6.07, 6.45) is 7.18. The highest BCUT2D eigenvalue weighted by Gasteiger charge is 2.37. The van der Waals surface area contributed by atoms with Crippen LogP contribution in [0.3, 0.4) is 0 Å². The van der Waals surface area contributed by atoms with Crippen molar-refractivity contribution >= 4 is 11.9 Å². The van der Waals surface area contributed by atoms with Crippen LogP contribution in [0.2, 0.25) is 0 Å². The lowest BCUT2D eigenvalue weighted by Gasteiger charge is -2.37. The summed E-state index contributed by atoms with van der Waals surface area (Å²) in [4.78, 5) is 32.0. The van der Waals surface area contributed by atoms with Crippen LogP contribution in [-0.4, -0.2) is 65.4 Å². The predicted octanol–water partition coefficient (Wildman–Crippen LogP) is 3.15. The van der Waals surface area contributed by atoms with E-state index in [4.69, 9.17) is 0 Å². The van der Waals surface area contributed by atoms with Gasteiger partial charge in [0.2, 0.25) is 5.91 Å². The fourth-order valence-electron chi connectivity index (χ4n) is 4.92. The van der Waals surface area contributed by atoms with E-state index in [-0.39, 0.29) is 17.9 Å². The number of nitrogens with zero attached hydrogens (tertiary/aromatic N) is 3. The molecule has 5 nitrogen and oxygen atoms in total. The molecule has 3 amide bonds. The van der Waals surface area contributed by atoms with Gasteiger partial charge in [-0.05, 0) is 50.5 Å². The van der Waals surface area contributed by atoms with Crippen molar-refractivity contribution in [3.8, 4) is 0 Å². The number of hydrogen-bond donors (Lipinski definition) is 0. The van der Waals surface area contributed by atoms with Crippen LogP contribution in [0.4, 0.5) is 4.79 Å². The van der Waals surface area contributed by atoms with E-state index in [0.717, 1.165) is 71.1 Å². The molecule has 146 valence electrons. The van der Waals surface area contributed by atoms with Gasteiger partial charge in [0.15, 0.2) is 0 Å². The third-order valence-corrected chi connectivity index (χ3v) is 6.39. The van der Waals surface area contributed by atoms with E-state index in [2.05, 4.69) is 29.2 Å². The standard InChI is InChI=1S/C22H31N3O2/c26-21(25-15-7-11-20(25)16-18-8-2-1-3-9-18)19-10-6-14-24(17-19)22(27)23-12-4-5-13-23/h1-3,8-9,19-20H,4-7,10-17H2/t19-,20+/m0/s1. The largest absolute Gasteiger partial charge is 0.339 e. The number of likely N-dealkylation sites (tertiary alicyclic amines) is 3. The number of hydrogen-bond acceptors (Lipinski definition) is 2. The maximum absolute atomic E-state index is 13.3. The van der Waals surface area contributed by atoms with Crippen LogP contribution >= 0.6 is 0 Å². The zero-order chi connectivity index (χ0) is 18.6. The van der Waals surface area contributed by atoms with E-state index >= 15 is 0 Å². The molecule has 4 rings (SSSR count). The van der Waals surface area contributed by atoms with Gasteiger partial charge < -0.3 is 14.7 Å². The highest BCUT2D eigenvalue weighted by Crippen LogP contribution is 2.27. The van der Waals surface area contributed by atoms with Crippen molar-refractivity contribution in [3.63, 3.8) is 0 Å². The first-order valence-electron chi connectivity index (χ1n) is 10.6. The lowest BCUT2D eigenvalue weighted by Crippen LogP contribution is -2.51. The summed E-state index contributed by atoms with van der Waals surface area (Å²) in [5.74, 6) is 0.244. The number of amides is 3. The average molecular weight is 370 g/mol. The summed E-state index contributed by atoms with van der Waals surface area (Å²) in [5.41, 5.74) is 1.30. The van der Waals surface area contributed by atoms with E-state index in [0.29, 0.717) is 12.6 Å². The molecule has 27 heavy (non-hydrogen) atoms. The molecule has 1 aromatic carbocycles. The fourth-order valence-corrected chi connectivity index (χ4v) is 4.92. The van der Waals surface area contributed by atoms with Crippen LogP contribution in [0, 0.1) is 5.92 Å². The number of carbonyl (C=O) groups is 2. The Balaban J connectivity index is 1.38. The maximum atomic E-state index is 13.3. The molecule has 2 atom stereocenters. The first-order valence-corrected chi connectivity index (χ1v) is 10.6. The highest BCUT2D eigenvalue weighted by atomic mass is 16.2. The Hall–Kier alpha value is -2.04. The summed E-state index contributed by atoms with van der Waals surface area (Å²) in [7, 11) is 0. The lowest BCUT2D eigenvalue weighted by atomic mass is 9.95. The van der Waals surface area contributed by atoms with E-state index in [9.17, 15) is 9.59 Å². The van der Waals surface area contributed by atoms with Gasteiger partial charge in [0, 0.05) is 38.8 Å². The van der Waals surface area contributed by atoms with Crippen LogP contribution in [0.25, 0.3) is 0 Å². The summed E-state index contributed by atoms with van der Waals surface area (Å²) < 4.78 is 0. The molecule has 3 fully saturated rings. The third-order valence-electron chi connectivity index (χ3n) is 6.39. The number of carbonyl (C=O) groups excluding carboxylic acids is 2. The van der Waals surface area contributed by atoms with Crippen molar-refractivity contribution in [1.29, 1.82) is 0 Å². The summed E-state index contributed by atoms with van der Waals surface area (Å²) in [6.45, 7) is 4.01. The van der Waals surface area contributed by atoms with Gasteiger partial charge in [-0.25, -0.2) is 4.79 Å². The minimum Gasteiger partial charge on any atom is -0.339 e. The summed E-state index contributed by atoms with van der Waals surface area (Å²) in [5, 5.41) is 0. The topological polar surface area (TPSA) is 43.9 Å². The van der Waals surface area contributed by atoms with Crippen LogP contribution in [-0.2, 0) is 11.2 Å². The predicted molar refractivity (Wildman–Crippen MR) is 105 cm³/mol. The van der Waals surface area contributed by atoms with E-state index in [1.165, 1.54) is 5.56 Å². The molecule has 3 heterocycles. The van der Waals surface area contributed by atoms with Crippen molar-refractivity contribution in [2.45, 2.75) is 51.0 Å². The number of rotatable bonds is 3. The number of piperidine rings is 1. The molecule has 0 radical (unpaired) electrons. The normalized spacial score (nSPS) is 25.9. The fraction of sp³-hybridized carbons (Fsp3) is 0.636. The minimum atomic E-state index is -0.0262. The lowest BCUT2D eigenvalue weighted by molar-refractivity contribution is -0.137. The number of urea groups is 1. The molecule has 3 saturated heterocycles. The quantitative estimate of drug-likeness (QED) is 0.821. The third kappa shape index (κ3) is 4.12. The maximum Gasteiger partial charge on any atom is 0.320 e. The van der Waals surface area contributed by atoms with E-state index < -0.39 is 0 Å². The molecule has 0 unspecified atom stereocenters. The molecule has 3 aliphatic rings. The Morgan fingerprint density at radius 1 is 0.852 bits per heavy atom. The van der Waals surface area contributed by atoms with Gasteiger partial charge in [0.05, 0.1) is 5.92 Å². The monoisotopic (exact) mass is 369 g/mol. The summed E-state index contributed by atoms with van der Waals surface area (Å²) in [6, 6.07) is 10.9. The zero-order valence-corrected chi connectivity index (χ0v) is 16.2. The SMILES string of the molecule is O=C(N1CCCC1)N1CCC[C@H](C(=O)N2CCC[C@@H]2Cc2ccccc2)C1. The summed E-state index contributed by atoms with van der Waals surface area (Å²) >= 11 is 0. The molecule has 0 N–H and O–H groups in total. The van der Waals surface area contributed by atoms with Crippen LogP contribution in [0.1, 0.15) is 44.1 Å². The Morgan fingerprint density at radius 2 is 1.56 bits per heavy atom. The van der Waals surface area contributed by atoms with Crippen LogP contribution < -0.4 is 0 Å². The highest BCUT2D eigenvalue weighted by molar-refractivity contribution is 5.81. The zero-order valence-electron chi connectivity index (χ0n) is 16.2. The second-order valence-corrected chi connectivity index (χ2v) is 8.28. The molecule has 0 aliphatic carbocycles. The second-order valence-electron chi connectivity index (χ2n) is 8.28. The smallest absolute Gasteiger partial charge is 0.320 e. The van der Waals surface area contributed by atoms with Gasteiger partial charge in [-0.3, -0.25) is 4.79 Å². The van der Waals surface area contributed by atoms with Crippen molar-refractivity contribution in [2.24, 2.45) is 5.92 Å². The molecule has 0 spiro atoms. The van der Waals surface area contributed by atoms with Crippen molar-refractivity contribution < 1.29 is 9.59 Å². The van der Waals surface area contributed by atoms with Gasteiger partial charge in [0.25, 0.3) is 0 Å². The molecule has 0 aromatic heterocycles. The minimum absolute atomic E-state index is 0.0262. The van der Waals surface area contributed by atoms with Crippen molar-refractivity contribution in [3.05, 3.63) is 35.9 Å². The molecule has 0 saturated carbocycles. The molecule has 0 bridgehead atoms. The number of benzene rings is 1. The Labute approximate surface area is 162 Å². The van der Waals surface area contributed by atoms with Crippen molar-refractivity contribution in [2.75, 3.05) is 32.7 Å². The van der Waals surface area contributed by atoms with E-state index in [1.807, 2.05) is 15.9 Å². The molecular formula is C22H31N3O2. The Bertz CT molecular complexity index is 657. The van der Waals surface area contributed by atoms with Gasteiger partial charge in [-0.1, -0.05) is 30.3 Å². The molecule has 5 heteroatoms. The Morgan fingerprint density at radius 3 is 2.33 bits per heavy atom. The second kappa shape index (κ2) is 8.32. The van der Waals surface area contributed by atoms with Gasteiger partial charge in [0.1, 0.15) is 0 Å². The first kappa shape index (κ1) is 18.3. The first-order chi connectivity index (χ1) is 13.2. The molecular weight excluding hydrogens is 338 g/mol. The van der Waals surface area contributed by atoms with Crippen molar-refractivity contribution in [1.82, 2.24) is 14.7 Å². The van der Waals surface area contributed by atoms with Crippen LogP contribution in [0.15, 0.2) is 30.3 Å². The van der Waals surface area contributed by atoms with E-state index in [1.54, 1.807) is 0 Å². The van der Waals surface area contributed by atoms with Crippen LogP contribution in [0.5, 0.6) is 0 Å².